The topological polar surface area (TPSA) is 54.0 Å². The Morgan fingerprint density at radius 1 is 1.12 bits per heavy atom. The van der Waals surface area contributed by atoms with Crippen LogP contribution in [0.4, 0.5) is 5.69 Å². The number of carbonyl (C=O) groups is 1. The maximum Gasteiger partial charge on any atom is 0.258 e. The lowest BCUT2D eigenvalue weighted by atomic mass is 10.1. The smallest absolute Gasteiger partial charge is 0.258 e. The quantitative estimate of drug-likeness (QED) is 0.607. The van der Waals surface area contributed by atoms with Crippen LogP contribution in [0, 0.1) is 6.92 Å². The van der Waals surface area contributed by atoms with E-state index in [2.05, 4.69) is 15.6 Å². The number of rotatable bonds is 2. The Labute approximate surface area is 160 Å². The molecular weight excluding hydrogens is 377 g/mol. The van der Waals surface area contributed by atoms with Gasteiger partial charge in [-0.15, -0.1) is 0 Å². The van der Waals surface area contributed by atoms with Crippen LogP contribution in [-0.4, -0.2) is 16.0 Å². The van der Waals surface area contributed by atoms with Crippen molar-refractivity contribution in [3.05, 3.63) is 69.8 Å². The fourth-order valence-corrected chi connectivity index (χ4v) is 2.94. The molecular formula is C18H13Cl2N3OS. The van der Waals surface area contributed by atoms with Crippen molar-refractivity contribution in [1.29, 1.82) is 0 Å². The van der Waals surface area contributed by atoms with Gasteiger partial charge in [0.2, 0.25) is 0 Å². The number of hydrogen-bond acceptors (Lipinski definition) is 3. The zero-order valence-corrected chi connectivity index (χ0v) is 15.5. The highest BCUT2D eigenvalue weighted by molar-refractivity contribution is 7.80. The molecule has 1 heterocycles. The average Bonchev–Trinajstić information content (AvgIpc) is 2.56. The van der Waals surface area contributed by atoms with Crippen molar-refractivity contribution in [2.45, 2.75) is 6.92 Å². The first-order valence-corrected chi connectivity index (χ1v) is 8.54. The monoisotopic (exact) mass is 389 g/mol. The zero-order valence-electron chi connectivity index (χ0n) is 13.1. The number of thiocarbonyl (C=S) groups is 1. The molecule has 0 unspecified atom stereocenters. The third-order valence-corrected chi connectivity index (χ3v) is 4.29. The third kappa shape index (κ3) is 4.07. The lowest BCUT2D eigenvalue weighted by Gasteiger charge is -2.12. The van der Waals surface area contributed by atoms with Crippen LogP contribution in [0.1, 0.15) is 16.1 Å². The fraction of sp³-hybridized carbons (Fsp3) is 0.0556. The van der Waals surface area contributed by atoms with E-state index in [9.17, 15) is 4.79 Å². The highest BCUT2D eigenvalue weighted by Crippen LogP contribution is 2.23. The highest BCUT2D eigenvalue weighted by Gasteiger charge is 2.13. The van der Waals surface area contributed by atoms with E-state index >= 15 is 0 Å². The van der Waals surface area contributed by atoms with Gasteiger partial charge in [-0.2, -0.15) is 0 Å². The summed E-state index contributed by atoms with van der Waals surface area (Å²) in [6, 6.07) is 14.2. The average molecular weight is 390 g/mol. The molecule has 0 atom stereocenters. The molecule has 1 amide bonds. The number of aromatic nitrogens is 1. The summed E-state index contributed by atoms with van der Waals surface area (Å²) < 4.78 is 0. The van der Waals surface area contributed by atoms with Crippen LogP contribution in [-0.2, 0) is 0 Å². The Morgan fingerprint density at radius 2 is 1.92 bits per heavy atom. The summed E-state index contributed by atoms with van der Waals surface area (Å²) in [6.45, 7) is 1.93. The van der Waals surface area contributed by atoms with Gasteiger partial charge < -0.3 is 5.32 Å². The first kappa shape index (κ1) is 17.6. The SMILES string of the molecule is Cc1ccc2c(NC(=S)NC(=O)c3cc(Cl)ccc3Cl)cccc2n1. The van der Waals surface area contributed by atoms with Gasteiger partial charge in [0.05, 0.1) is 16.1 Å². The van der Waals surface area contributed by atoms with Crippen molar-refractivity contribution in [3.8, 4) is 0 Å². The second kappa shape index (κ2) is 7.35. The molecule has 0 saturated heterocycles. The molecule has 0 bridgehead atoms. The molecule has 4 nitrogen and oxygen atoms in total. The normalized spacial score (nSPS) is 10.5. The number of amides is 1. The van der Waals surface area contributed by atoms with Gasteiger partial charge in [0.1, 0.15) is 0 Å². The van der Waals surface area contributed by atoms with Gasteiger partial charge in [0.15, 0.2) is 5.11 Å². The maximum absolute atomic E-state index is 12.3. The third-order valence-electron chi connectivity index (χ3n) is 3.52. The van der Waals surface area contributed by atoms with Crippen molar-refractivity contribution >= 4 is 63.0 Å². The van der Waals surface area contributed by atoms with E-state index in [-0.39, 0.29) is 10.7 Å². The number of nitrogens with zero attached hydrogens (tertiary/aromatic N) is 1. The summed E-state index contributed by atoms with van der Waals surface area (Å²) in [5.74, 6) is -0.431. The van der Waals surface area contributed by atoms with Gasteiger partial charge in [-0.3, -0.25) is 15.1 Å². The highest BCUT2D eigenvalue weighted by atomic mass is 35.5. The maximum atomic E-state index is 12.3. The number of fused-ring (bicyclic) bond motifs is 1. The Kier molecular flexibility index (Phi) is 5.18. The van der Waals surface area contributed by atoms with Gasteiger partial charge in [-0.05, 0) is 61.6 Å². The molecule has 0 aliphatic carbocycles. The molecule has 3 rings (SSSR count). The fourth-order valence-electron chi connectivity index (χ4n) is 2.36. The molecule has 0 aliphatic rings. The van der Waals surface area contributed by atoms with Gasteiger partial charge in [0, 0.05) is 21.8 Å². The van der Waals surface area contributed by atoms with Gasteiger partial charge in [-0.25, -0.2) is 0 Å². The second-order valence-electron chi connectivity index (χ2n) is 5.36. The summed E-state index contributed by atoms with van der Waals surface area (Å²) in [7, 11) is 0. The molecule has 2 N–H and O–H groups in total. The van der Waals surface area contributed by atoms with Gasteiger partial charge >= 0.3 is 0 Å². The number of hydrogen-bond donors (Lipinski definition) is 2. The summed E-state index contributed by atoms with van der Waals surface area (Å²) in [5.41, 5.74) is 2.79. The van der Waals surface area contributed by atoms with Crippen LogP contribution in [0.25, 0.3) is 10.9 Å². The van der Waals surface area contributed by atoms with Crippen molar-refractivity contribution in [1.82, 2.24) is 10.3 Å². The van der Waals surface area contributed by atoms with Crippen LogP contribution in [0.5, 0.6) is 0 Å². The minimum atomic E-state index is -0.431. The predicted molar refractivity (Wildman–Crippen MR) is 107 cm³/mol. The molecule has 0 radical (unpaired) electrons. The molecule has 25 heavy (non-hydrogen) atoms. The molecule has 7 heteroatoms. The first-order chi connectivity index (χ1) is 11.9. The molecule has 126 valence electrons. The van der Waals surface area contributed by atoms with Crippen LogP contribution < -0.4 is 10.6 Å². The van der Waals surface area contributed by atoms with Crippen molar-refractivity contribution < 1.29 is 4.79 Å². The van der Waals surface area contributed by atoms with E-state index in [0.29, 0.717) is 10.0 Å². The number of anilines is 1. The molecule has 1 aromatic heterocycles. The molecule has 3 aromatic rings. The number of pyridine rings is 1. The lowest BCUT2D eigenvalue weighted by molar-refractivity contribution is 0.0978. The van der Waals surface area contributed by atoms with Gasteiger partial charge in [-0.1, -0.05) is 29.3 Å². The number of nitrogens with one attached hydrogen (secondary N) is 2. The Morgan fingerprint density at radius 3 is 2.72 bits per heavy atom. The Hall–Kier alpha value is -2.21. The molecule has 0 saturated carbocycles. The van der Waals surface area contributed by atoms with Crippen molar-refractivity contribution in [2.75, 3.05) is 5.32 Å². The molecule has 0 aliphatic heterocycles. The van der Waals surface area contributed by atoms with E-state index < -0.39 is 5.91 Å². The summed E-state index contributed by atoms with van der Waals surface area (Å²) >= 11 is 17.2. The summed E-state index contributed by atoms with van der Waals surface area (Å²) in [6.07, 6.45) is 0. The Balaban J connectivity index is 1.79. The summed E-state index contributed by atoms with van der Waals surface area (Å²) in [5, 5.41) is 7.42. The minimum Gasteiger partial charge on any atom is -0.332 e. The van der Waals surface area contributed by atoms with Crippen LogP contribution in [0.3, 0.4) is 0 Å². The van der Waals surface area contributed by atoms with E-state index in [4.69, 9.17) is 35.4 Å². The van der Waals surface area contributed by atoms with Crippen molar-refractivity contribution in [2.24, 2.45) is 0 Å². The van der Waals surface area contributed by atoms with Crippen molar-refractivity contribution in [3.63, 3.8) is 0 Å². The zero-order chi connectivity index (χ0) is 18.0. The number of carbonyl (C=O) groups excluding carboxylic acids is 1. The van der Waals surface area contributed by atoms with E-state index in [0.717, 1.165) is 22.3 Å². The van der Waals surface area contributed by atoms with Crippen LogP contribution in [0.2, 0.25) is 10.0 Å². The lowest BCUT2D eigenvalue weighted by Crippen LogP contribution is -2.34. The van der Waals surface area contributed by atoms with E-state index in [1.54, 1.807) is 12.1 Å². The van der Waals surface area contributed by atoms with Crippen LogP contribution in [0.15, 0.2) is 48.5 Å². The predicted octanol–water partition coefficient (Wildman–Crippen LogP) is 4.98. The number of benzene rings is 2. The Bertz CT molecular complexity index is 991. The minimum absolute atomic E-state index is 0.161. The second-order valence-corrected chi connectivity index (χ2v) is 6.61. The molecule has 2 aromatic carbocycles. The summed E-state index contributed by atoms with van der Waals surface area (Å²) in [4.78, 5) is 16.8. The molecule has 0 spiro atoms. The number of aryl methyl sites for hydroxylation is 1. The standard InChI is InChI=1S/C18H13Cl2N3OS/c1-10-5-7-12-15(21-10)3-2-4-16(12)22-18(25)23-17(24)13-9-11(19)6-8-14(13)20/h2-9H,1H3,(H2,22,23,24,25). The van der Waals surface area contributed by atoms with Gasteiger partial charge in [0.25, 0.3) is 5.91 Å². The largest absolute Gasteiger partial charge is 0.332 e. The first-order valence-electron chi connectivity index (χ1n) is 7.38. The van der Waals surface area contributed by atoms with Crippen LogP contribution >= 0.6 is 35.4 Å². The number of halogens is 2. The van der Waals surface area contributed by atoms with E-state index in [1.165, 1.54) is 6.07 Å². The molecule has 0 fully saturated rings. The van der Waals surface area contributed by atoms with E-state index in [1.807, 2.05) is 37.3 Å².